The molecule has 0 unspecified atom stereocenters. The molecule has 2 N–H and O–H groups in total. The molecule has 0 aliphatic heterocycles. The molecule has 0 bridgehead atoms. The number of amides is 2. The fourth-order valence-electron chi connectivity index (χ4n) is 1.71. The molecule has 0 fully saturated rings. The van der Waals surface area contributed by atoms with Crippen molar-refractivity contribution in [1.29, 1.82) is 0 Å². The summed E-state index contributed by atoms with van der Waals surface area (Å²) in [6, 6.07) is 5.45. The van der Waals surface area contributed by atoms with Gasteiger partial charge in [-0.2, -0.15) is 0 Å². The molecule has 2 amide bonds. The minimum atomic E-state index is -0.774. The van der Waals surface area contributed by atoms with Crippen LogP contribution in [0.1, 0.15) is 31.4 Å². The van der Waals surface area contributed by atoms with E-state index in [0.29, 0.717) is 19.5 Å². The summed E-state index contributed by atoms with van der Waals surface area (Å²) in [5.74, 6) is -0.774. The van der Waals surface area contributed by atoms with Crippen molar-refractivity contribution >= 4 is 12.0 Å². The molecule has 20 heavy (non-hydrogen) atoms. The van der Waals surface area contributed by atoms with E-state index in [-0.39, 0.29) is 12.5 Å². The van der Waals surface area contributed by atoms with Crippen molar-refractivity contribution in [2.75, 3.05) is 13.6 Å². The van der Waals surface area contributed by atoms with E-state index in [1.54, 1.807) is 18.1 Å². The molecular weight excluding hydrogens is 258 g/mol. The van der Waals surface area contributed by atoms with E-state index >= 15 is 0 Å². The molecule has 0 radical (unpaired) electrons. The van der Waals surface area contributed by atoms with Gasteiger partial charge in [0.15, 0.2) is 0 Å². The third-order valence-electron chi connectivity index (χ3n) is 2.82. The van der Waals surface area contributed by atoms with Crippen molar-refractivity contribution in [3.63, 3.8) is 0 Å². The summed E-state index contributed by atoms with van der Waals surface area (Å²) in [5, 5.41) is 11.3. The van der Waals surface area contributed by atoms with Gasteiger partial charge >= 0.3 is 12.0 Å². The van der Waals surface area contributed by atoms with Crippen LogP contribution in [0.3, 0.4) is 0 Å². The average Bonchev–Trinajstić information content (AvgIpc) is 2.43. The lowest BCUT2D eigenvalue weighted by Crippen LogP contribution is -2.37. The van der Waals surface area contributed by atoms with Crippen LogP contribution in [0.15, 0.2) is 24.4 Å². The third-order valence-corrected chi connectivity index (χ3v) is 2.82. The van der Waals surface area contributed by atoms with E-state index in [4.69, 9.17) is 5.11 Å². The minimum Gasteiger partial charge on any atom is -0.481 e. The highest BCUT2D eigenvalue weighted by Gasteiger charge is 2.08. The highest BCUT2D eigenvalue weighted by atomic mass is 16.4. The lowest BCUT2D eigenvalue weighted by atomic mass is 10.2. The smallest absolute Gasteiger partial charge is 0.317 e. The van der Waals surface area contributed by atoms with Crippen molar-refractivity contribution in [1.82, 2.24) is 15.2 Å². The van der Waals surface area contributed by atoms with Crippen molar-refractivity contribution in [3.05, 3.63) is 30.1 Å². The number of hydrogen-bond acceptors (Lipinski definition) is 3. The Balaban J connectivity index is 2.14. The van der Waals surface area contributed by atoms with Crippen LogP contribution in [0, 0.1) is 0 Å². The summed E-state index contributed by atoms with van der Waals surface area (Å²) in [5.41, 5.74) is 0.839. The number of carboxylic acids is 1. The van der Waals surface area contributed by atoms with Crippen LogP contribution < -0.4 is 5.32 Å². The topological polar surface area (TPSA) is 82.5 Å². The van der Waals surface area contributed by atoms with E-state index in [1.165, 1.54) is 0 Å². The monoisotopic (exact) mass is 279 g/mol. The molecule has 0 aliphatic rings. The van der Waals surface area contributed by atoms with Crippen LogP contribution in [0.25, 0.3) is 0 Å². The Kier molecular flexibility index (Phi) is 7.10. The number of hydrogen-bond donors (Lipinski definition) is 2. The van der Waals surface area contributed by atoms with Gasteiger partial charge in [-0.15, -0.1) is 0 Å². The second kappa shape index (κ2) is 8.90. The maximum absolute atomic E-state index is 11.8. The Hall–Kier alpha value is -2.11. The number of nitrogens with one attached hydrogen (secondary N) is 1. The summed E-state index contributed by atoms with van der Waals surface area (Å²) >= 11 is 0. The van der Waals surface area contributed by atoms with Crippen LogP contribution in [-0.4, -0.2) is 40.6 Å². The predicted octanol–water partition coefficient (Wildman–Crippen LogP) is 1.87. The molecule has 0 spiro atoms. The van der Waals surface area contributed by atoms with Gasteiger partial charge in [-0.25, -0.2) is 4.79 Å². The SMILES string of the molecule is CN(Cc1ccccn1)C(=O)NCCCCCC(=O)O. The van der Waals surface area contributed by atoms with E-state index in [0.717, 1.165) is 18.5 Å². The second-order valence-electron chi connectivity index (χ2n) is 4.61. The summed E-state index contributed by atoms with van der Waals surface area (Å²) in [6.45, 7) is 1.02. The Morgan fingerprint density at radius 3 is 2.75 bits per heavy atom. The van der Waals surface area contributed by atoms with Gasteiger partial charge in [-0.05, 0) is 25.0 Å². The second-order valence-corrected chi connectivity index (χ2v) is 4.61. The highest BCUT2D eigenvalue weighted by molar-refractivity contribution is 5.73. The minimum absolute atomic E-state index is 0.145. The fourth-order valence-corrected chi connectivity index (χ4v) is 1.71. The molecule has 110 valence electrons. The van der Waals surface area contributed by atoms with E-state index in [9.17, 15) is 9.59 Å². The first kappa shape index (κ1) is 15.9. The lowest BCUT2D eigenvalue weighted by molar-refractivity contribution is -0.137. The standard InChI is InChI=1S/C14H21N3O3/c1-17(11-12-7-4-6-9-15-12)14(20)16-10-5-2-3-8-13(18)19/h4,6-7,9H,2-3,5,8,10-11H2,1H3,(H,16,20)(H,18,19). The number of rotatable bonds is 8. The molecule has 0 aromatic carbocycles. The largest absolute Gasteiger partial charge is 0.481 e. The van der Waals surface area contributed by atoms with Gasteiger partial charge in [0.05, 0.1) is 12.2 Å². The molecule has 0 saturated heterocycles. The average molecular weight is 279 g/mol. The predicted molar refractivity (Wildman–Crippen MR) is 75.2 cm³/mol. The number of urea groups is 1. The van der Waals surface area contributed by atoms with E-state index in [1.807, 2.05) is 18.2 Å². The molecule has 6 heteroatoms. The molecular formula is C14H21N3O3. The first-order valence-corrected chi connectivity index (χ1v) is 6.70. The van der Waals surface area contributed by atoms with Crippen molar-refractivity contribution < 1.29 is 14.7 Å². The molecule has 1 rings (SSSR count). The maximum atomic E-state index is 11.8. The summed E-state index contributed by atoms with van der Waals surface area (Å²) in [4.78, 5) is 27.8. The van der Waals surface area contributed by atoms with Crippen LogP contribution in [-0.2, 0) is 11.3 Å². The van der Waals surface area contributed by atoms with E-state index in [2.05, 4.69) is 10.3 Å². The first-order chi connectivity index (χ1) is 9.59. The van der Waals surface area contributed by atoms with Gasteiger partial charge in [0.25, 0.3) is 0 Å². The number of nitrogens with zero attached hydrogens (tertiary/aromatic N) is 2. The quantitative estimate of drug-likeness (QED) is 0.712. The number of unbranched alkanes of at least 4 members (excludes halogenated alkanes) is 2. The zero-order valence-electron chi connectivity index (χ0n) is 11.7. The van der Waals surface area contributed by atoms with Gasteiger partial charge in [-0.3, -0.25) is 9.78 Å². The molecule has 0 saturated carbocycles. The van der Waals surface area contributed by atoms with Gasteiger partial charge < -0.3 is 15.3 Å². The Labute approximate surface area is 118 Å². The van der Waals surface area contributed by atoms with Crippen LogP contribution in [0.5, 0.6) is 0 Å². The lowest BCUT2D eigenvalue weighted by Gasteiger charge is -2.17. The van der Waals surface area contributed by atoms with E-state index < -0.39 is 5.97 Å². The normalized spacial score (nSPS) is 10.1. The summed E-state index contributed by atoms with van der Waals surface area (Å²) < 4.78 is 0. The molecule has 0 aliphatic carbocycles. The number of aromatic nitrogens is 1. The molecule has 6 nitrogen and oxygen atoms in total. The van der Waals surface area contributed by atoms with Crippen LogP contribution in [0.2, 0.25) is 0 Å². The number of pyridine rings is 1. The third kappa shape index (κ3) is 6.72. The zero-order chi connectivity index (χ0) is 14.8. The zero-order valence-corrected chi connectivity index (χ0v) is 11.7. The van der Waals surface area contributed by atoms with Crippen LogP contribution >= 0.6 is 0 Å². The molecule has 1 aromatic rings. The molecule has 1 aromatic heterocycles. The van der Waals surface area contributed by atoms with Gasteiger partial charge in [0.1, 0.15) is 0 Å². The summed E-state index contributed by atoms with van der Waals surface area (Å²) in [6.07, 6.45) is 4.12. The van der Waals surface area contributed by atoms with Gasteiger partial charge in [0.2, 0.25) is 0 Å². The van der Waals surface area contributed by atoms with Gasteiger partial charge in [0, 0.05) is 26.2 Å². The Morgan fingerprint density at radius 2 is 2.10 bits per heavy atom. The Bertz CT molecular complexity index is 423. The van der Waals surface area contributed by atoms with Gasteiger partial charge in [-0.1, -0.05) is 12.5 Å². The number of carboxylic acid groups (broad SMARTS) is 1. The van der Waals surface area contributed by atoms with Crippen molar-refractivity contribution in [3.8, 4) is 0 Å². The Morgan fingerprint density at radius 1 is 1.30 bits per heavy atom. The van der Waals surface area contributed by atoms with Crippen molar-refractivity contribution in [2.24, 2.45) is 0 Å². The first-order valence-electron chi connectivity index (χ1n) is 6.70. The number of aliphatic carboxylic acids is 1. The summed E-state index contributed by atoms with van der Waals surface area (Å²) in [7, 11) is 1.72. The molecule has 1 heterocycles. The number of carbonyl (C=O) groups is 2. The maximum Gasteiger partial charge on any atom is 0.317 e. The highest BCUT2D eigenvalue weighted by Crippen LogP contribution is 2.00. The number of carbonyl (C=O) groups excluding carboxylic acids is 1. The van der Waals surface area contributed by atoms with Crippen molar-refractivity contribution in [2.45, 2.75) is 32.2 Å². The van der Waals surface area contributed by atoms with Crippen LogP contribution in [0.4, 0.5) is 4.79 Å². The fraction of sp³-hybridized carbons (Fsp3) is 0.500. The molecule has 0 atom stereocenters.